The maximum atomic E-state index is 10.2. The fourth-order valence-electron chi connectivity index (χ4n) is 2.35. The molecule has 0 amide bonds. The van der Waals surface area contributed by atoms with Gasteiger partial charge in [-0.15, -0.1) is 0 Å². The SMILES string of the molecule is Oc1ccc([C@@H]2Oc3cc(O)ccc3[C@H](O)[C@@H]2O)cc1. The average molecular weight is 274 g/mol. The van der Waals surface area contributed by atoms with Crippen molar-refractivity contribution in [2.45, 2.75) is 18.3 Å². The molecule has 1 aliphatic rings. The number of phenolic OH excluding ortho intramolecular Hbond substituents is 2. The molecule has 0 saturated carbocycles. The van der Waals surface area contributed by atoms with Crippen LogP contribution in [-0.4, -0.2) is 26.5 Å². The highest BCUT2D eigenvalue weighted by molar-refractivity contribution is 5.44. The van der Waals surface area contributed by atoms with Crippen LogP contribution in [-0.2, 0) is 0 Å². The minimum absolute atomic E-state index is 0.0248. The Kier molecular flexibility index (Phi) is 3.00. The molecular formula is C15H14O5. The molecule has 2 aromatic carbocycles. The molecule has 0 fully saturated rings. The number of ether oxygens (including phenoxy) is 1. The standard InChI is InChI=1S/C15H14O5/c16-9-3-1-8(2-4-9)15-14(19)13(18)11-6-5-10(17)7-12(11)20-15/h1-7,13-19H/t13-,14-,15-/m0/s1. The molecule has 1 aliphatic heterocycles. The van der Waals surface area contributed by atoms with Crippen molar-refractivity contribution in [1.82, 2.24) is 0 Å². The summed E-state index contributed by atoms with van der Waals surface area (Å²) < 4.78 is 5.67. The minimum Gasteiger partial charge on any atom is -0.508 e. The van der Waals surface area contributed by atoms with Crippen LogP contribution >= 0.6 is 0 Å². The predicted octanol–water partition coefficient (Wildman–Crippen LogP) is 1.63. The maximum Gasteiger partial charge on any atom is 0.152 e. The predicted molar refractivity (Wildman–Crippen MR) is 70.5 cm³/mol. The van der Waals surface area contributed by atoms with Gasteiger partial charge in [0, 0.05) is 11.6 Å². The van der Waals surface area contributed by atoms with Crippen LogP contribution in [0.4, 0.5) is 0 Å². The Balaban J connectivity index is 2.00. The number of aliphatic hydroxyl groups is 2. The highest BCUT2D eigenvalue weighted by Gasteiger charge is 2.37. The van der Waals surface area contributed by atoms with E-state index in [0.717, 1.165) is 0 Å². The van der Waals surface area contributed by atoms with Gasteiger partial charge in [0.25, 0.3) is 0 Å². The first-order valence-corrected chi connectivity index (χ1v) is 6.21. The lowest BCUT2D eigenvalue weighted by Crippen LogP contribution is -2.34. The van der Waals surface area contributed by atoms with E-state index in [0.29, 0.717) is 16.9 Å². The first-order valence-electron chi connectivity index (χ1n) is 6.21. The Labute approximate surface area is 115 Å². The number of rotatable bonds is 1. The first kappa shape index (κ1) is 12.8. The fourth-order valence-corrected chi connectivity index (χ4v) is 2.35. The zero-order valence-corrected chi connectivity index (χ0v) is 10.5. The van der Waals surface area contributed by atoms with Gasteiger partial charge in [0.05, 0.1) is 0 Å². The zero-order valence-electron chi connectivity index (χ0n) is 10.5. The van der Waals surface area contributed by atoms with Crippen molar-refractivity contribution in [2.75, 3.05) is 0 Å². The third kappa shape index (κ3) is 2.07. The van der Waals surface area contributed by atoms with Crippen molar-refractivity contribution in [1.29, 1.82) is 0 Å². The number of phenols is 2. The zero-order chi connectivity index (χ0) is 14.3. The molecule has 0 aromatic heterocycles. The molecule has 3 atom stereocenters. The quantitative estimate of drug-likeness (QED) is 0.634. The first-order chi connectivity index (χ1) is 9.56. The van der Waals surface area contributed by atoms with E-state index < -0.39 is 18.3 Å². The summed E-state index contributed by atoms with van der Waals surface area (Å²) >= 11 is 0. The van der Waals surface area contributed by atoms with E-state index >= 15 is 0 Å². The van der Waals surface area contributed by atoms with Crippen molar-refractivity contribution < 1.29 is 25.2 Å². The molecule has 3 rings (SSSR count). The summed E-state index contributed by atoms with van der Waals surface area (Å²) in [5, 5.41) is 39.1. The van der Waals surface area contributed by atoms with Crippen molar-refractivity contribution in [3.63, 3.8) is 0 Å². The van der Waals surface area contributed by atoms with Crippen molar-refractivity contribution in [2.24, 2.45) is 0 Å². The highest BCUT2D eigenvalue weighted by Crippen LogP contribution is 2.42. The summed E-state index contributed by atoms with van der Waals surface area (Å²) in [5.41, 5.74) is 1.06. The number of aromatic hydroxyl groups is 2. The van der Waals surface area contributed by atoms with Crippen molar-refractivity contribution in [3.05, 3.63) is 53.6 Å². The largest absolute Gasteiger partial charge is 0.508 e. The van der Waals surface area contributed by atoms with E-state index in [1.54, 1.807) is 12.1 Å². The van der Waals surface area contributed by atoms with E-state index in [1.807, 2.05) is 0 Å². The number of benzene rings is 2. The molecule has 4 N–H and O–H groups in total. The Morgan fingerprint density at radius 2 is 1.50 bits per heavy atom. The highest BCUT2D eigenvalue weighted by atomic mass is 16.5. The van der Waals surface area contributed by atoms with Gasteiger partial charge in [-0.3, -0.25) is 0 Å². The van der Waals surface area contributed by atoms with Gasteiger partial charge in [-0.1, -0.05) is 12.1 Å². The molecule has 0 unspecified atom stereocenters. The summed E-state index contributed by atoms with van der Waals surface area (Å²) in [7, 11) is 0. The molecule has 2 aromatic rings. The summed E-state index contributed by atoms with van der Waals surface area (Å²) in [6.45, 7) is 0. The number of hydrogen-bond donors (Lipinski definition) is 4. The van der Waals surface area contributed by atoms with Gasteiger partial charge in [-0.2, -0.15) is 0 Å². The Bertz CT molecular complexity index is 623. The summed E-state index contributed by atoms with van der Waals surface area (Å²) in [6, 6.07) is 10.5. The molecular weight excluding hydrogens is 260 g/mol. The van der Waals surface area contributed by atoms with Gasteiger partial charge in [-0.05, 0) is 29.8 Å². The number of fused-ring (bicyclic) bond motifs is 1. The number of aliphatic hydroxyl groups excluding tert-OH is 2. The van der Waals surface area contributed by atoms with E-state index in [9.17, 15) is 20.4 Å². The summed E-state index contributed by atoms with van der Waals surface area (Å²) in [6.07, 6.45) is -2.99. The topological polar surface area (TPSA) is 90.2 Å². The second-order valence-corrected chi connectivity index (χ2v) is 4.79. The number of hydrogen-bond acceptors (Lipinski definition) is 5. The summed E-state index contributed by atoms with van der Waals surface area (Å²) in [4.78, 5) is 0. The Morgan fingerprint density at radius 3 is 2.20 bits per heavy atom. The van der Waals surface area contributed by atoms with Crippen LogP contribution in [0.2, 0.25) is 0 Å². The molecule has 20 heavy (non-hydrogen) atoms. The average Bonchev–Trinajstić information content (AvgIpc) is 2.44. The monoisotopic (exact) mass is 274 g/mol. The second-order valence-electron chi connectivity index (χ2n) is 4.79. The van der Waals surface area contributed by atoms with Gasteiger partial charge < -0.3 is 25.2 Å². The van der Waals surface area contributed by atoms with Crippen LogP contribution in [0, 0.1) is 0 Å². The molecule has 1 heterocycles. The van der Waals surface area contributed by atoms with Gasteiger partial charge in [0.15, 0.2) is 6.10 Å². The second kappa shape index (κ2) is 4.70. The minimum atomic E-state index is -1.13. The van der Waals surface area contributed by atoms with Crippen LogP contribution in [0.5, 0.6) is 17.2 Å². The van der Waals surface area contributed by atoms with E-state index in [1.165, 1.54) is 30.3 Å². The van der Waals surface area contributed by atoms with Crippen molar-refractivity contribution >= 4 is 0 Å². The molecule has 5 nitrogen and oxygen atoms in total. The Hall–Kier alpha value is -2.24. The van der Waals surface area contributed by atoms with Gasteiger partial charge in [-0.25, -0.2) is 0 Å². The Morgan fingerprint density at radius 1 is 0.850 bits per heavy atom. The van der Waals surface area contributed by atoms with Crippen molar-refractivity contribution in [3.8, 4) is 17.2 Å². The lowest BCUT2D eigenvalue weighted by atomic mass is 9.92. The molecule has 5 heteroatoms. The van der Waals surface area contributed by atoms with Gasteiger partial charge >= 0.3 is 0 Å². The third-order valence-electron chi connectivity index (χ3n) is 3.43. The third-order valence-corrected chi connectivity index (χ3v) is 3.43. The van der Waals surface area contributed by atoms with Gasteiger partial charge in [0.1, 0.15) is 29.5 Å². The van der Waals surface area contributed by atoms with E-state index in [-0.39, 0.29) is 11.5 Å². The van der Waals surface area contributed by atoms with E-state index in [2.05, 4.69) is 0 Å². The molecule has 0 spiro atoms. The fraction of sp³-hybridized carbons (Fsp3) is 0.200. The molecule has 0 saturated heterocycles. The molecule has 104 valence electrons. The van der Waals surface area contributed by atoms with Crippen LogP contribution in [0.25, 0.3) is 0 Å². The lowest BCUT2D eigenvalue weighted by Gasteiger charge is -2.34. The van der Waals surface area contributed by atoms with Crippen LogP contribution < -0.4 is 4.74 Å². The lowest BCUT2D eigenvalue weighted by molar-refractivity contribution is -0.0700. The normalized spacial score (nSPS) is 24.8. The molecule has 0 radical (unpaired) electrons. The van der Waals surface area contributed by atoms with Crippen LogP contribution in [0.1, 0.15) is 23.3 Å². The van der Waals surface area contributed by atoms with Crippen LogP contribution in [0.3, 0.4) is 0 Å². The molecule has 0 aliphatic carbocycles. The van der Waals surface area contributed by atoms with Gasteiger partial charge in [0.2, 0.25) is 0 Å². The summed E-state index contributed by atoms with van der Waals surface area (Å²) in [5.74, 6) is 0.468. The van der Waals surface area contributed by atoms with Crippen LogP contribution in [0.15, 0.2) is 42.5 Å². The van der Waals surface area contributed by atoms with E-state index in [4.69, 9.17) is 4.74 Å². The maximum absolute atomic E-state index is 10.2. The smallest absolute Gasteiger partial charge is 0.152 e. The molecule has 0 bridgehead atoms.